The van der Waals surface area contributed by atoms with Crippen LogP contribution < -0.4 is 10.1 Å². The fourth-order valence-corrected chi connectivity index (χ4v) is 1.31. The van der Waals surface area contributed by atoms with Crippen LogP contribution in [0.4, 0.5) is 0 Å². The number of rotatable bonds is 7. The number of benzene rings is 1. The molecule has 0 radical (unpaired) electrons. The van der Waals surface area contributed by atoms with Gasteiger partial charge >= 0.3 is 0 Å². The van der Waals surface area contributed by atoms with E-state index in [9.17, 15) is 0 Å². The maximum Gasteiger partial charge on any atom is 0.174 e. The van der Waals surface area contributed by atoms with E-state index in [0.717, 1.165) is 5.56 Å². The van der Waals surface area contributed by atoms with Crippen LogP contribution >= 0.6 is 0 Å². The first-order valence-electron chi connectivity index (χ1n) is 5.34. The highest BCUT2D eigenvalue weighted by Crippen LogP contribution is 2.12. The van der Waals surface area contributed by atoms with Gasteiger partial charge in [-0.25, -0.2) is 0 Å². The summed E-state index contributed by atoms with van der Waals surface area (Å²) < 4.78 is 5.17. The molecular formula is C12H16N2O3. The lowest BCUT2D eigenvalue weighted by Gasteiger charge is -2.09. The molecule has 1 aromatic rings. The zero-order chi connectivity index (χ0) is 12.5. The van der Waals surface area contributed by atoms with Crippen molar-refractivity contribution < 1.29 is 14.9 Å². The molecule has 0 aliphatic heterocycles. The van der Waals surface area contributed by atoms with Gasteiger partial charge in [0, 0.05) is 13.1 Å². The Bertz CT molecular complexity index is 376. The van der Waals surface area contributed by atoms with Crippen molar-refractivity contribution in [1.82, 2.24) is 5.32 Å². The normalized spacial score (nSPS) is 11.8. The van der Waals surface area contributed by atoms with Crippen LogP contribution in [0.3, 0.4) is 0 Å². The average molecular weight is 236 g/mol. The number of nitrogens with zero attached hydrogens (tertiary/aromatic N) is 1. The van der Waals surface area contributed by atoms with Gasteiger partial charge in [-0.3, -0.25) is 0 Å². The summed E-state index contributed by atoms with van der Waals surface area (Å²) in [6.45, 7) is 0.680. The molecule has 5 nitrogen and oxygen atoms in total. The van der Waals surface area contributed by atoms with E-state index in [2.05, 4.69) is 5.32 Å². The first-order chi connectivity index (χ1) is 8.26. The van der Waals surface area contributed by atoms with Gasteiger partial charge in [0.25, 0.3) is 0 Å². The minimum absolute atomic E-state index is 0.0279. The minimum atomic E-state index is -0.743. The highest BCUT2D eigenvalue weighted by Gasteiger charge is 2.01. The summed E-state index contributed by atoms with van der Waals surface area (Å²) in [5.41, 5.74) is 0.991. The molecule has 0 aliphatic rings. The van der Waals surface area contributed by atoms with Crippen LogP contribution in [-0.4, -0.2) is 36.1 Å². The van der Waals surface area contributed by atoms with Crippen LogP contribution in [0.2, 0.25) is 0 Å². The van der Waals surface area contributed by atoms with Gasteiger partial charge in [-0.1, -0.05) is 12.1 Å². The summed E-state index contributed by atoms with van der Waals surface area (Å²) in [4.78, 5) is 0. The van der Waals surface area contributed by atoms with E-state index in [1.165, 1.54) is 0 Å². The van der Waals surface area contributed by atoms with Gasteiger partial charge < -0.3 is 20.3 Å². The lowest BCUT2D eigenvalue weighted by molar-refractivity contribution is 0.0942. The standard InChI is InChI=1S/C12H16N2O3/c13-4-5-17-12-3-1-2-10(6-12)7-14-8-11(16)9-15/h1-3,6,11,14-16H,5,7-9H2. The molecule has 17 heavy (non-hydrogen) atoms. The second kappa shape index (κ2) is 7.63. The Morgan fingerprint density at radius 3 is 3.00 bits per heavy atom. The Morgan fingerprint density at radius 2 is 2.29 bits per heavy atom. The molecule has 3 N–H and O–H groups in total. The van der Waals surface area contributed by atoms with E-state index in [1.807, 2.05) is 24.3 Å². The maximum atomic E-state index is 9.13. The molecule has 1 rings (SSSR count). The van der Waals surface area contributed by atoms with Crippen molar-refractivity contribution in [1.29, 1.82) is 5.26 Å². The van der Waals surface area contributed by atoms with Crippen LogP contribution in [-0.2, 0) is 6.54 Å². The van der Waals surface area contributed by atoms with Crippen molar-refractivity contribution in [2.45, 2.75) is 12.6 Å². The Kier molecular flexibility index (Phi) is 6.04. The van der Waals surface area contributed by atoms with Gasteiger partial charge in [0.15, 0.2) is 6.61 Å². The summed E-state index contributed by atoms with van der Waals surface area (Å²) >= 11 is 0. The van der Waals surface area contributed by atoms with Crippen LogP contribution in [0.15, 0.2) is 24.3 Å². The molecule has 0 bridgehead atoms. The van der Waals surface area contributed by atoms with Gasteiger partial charge in [-0.15, -0.1) is 0 Å². The van der Waals surface area contributed by atoms with Crippen LogP contribution in [0, 0.1) is 11.3 Å². The molecule has 0 saturated heterocycles. The summed E-state index contributed by atoms with van der Waals surface area (Å²) in [7, 11) is 0. The number of hydrogen-bond acceptors (Lipinski definition) is 5. The molecule has 0 fully saturated rings. The third-order valence-electron chi connectivity index (χ3n) is 2.12. The van der Waals surface area contributed by atoms with E-state index in [0.29, 0.717) is 18.8 Å². The third-order valence-corrected chi connectivity index (χ3v) is 2.12. The van der Waals surface area contributed by atoms with Crippen molar-refractivity contribution in [2.24, 2.45) is 0 Å². The number of hydrogen-bond donors (Lipinski definition) is 3. The molecule has 1 unspecified atom stereocenters. The predicted octanol–water partition coefficient (Wildman–Crippen LogP) is 0.0318. The third kappa shape index (κ3) is 5.31. The second-order valence-electron chi connectivity index (χ2n) is 3.56. The van der Waals surface area contributed by atoms with Crippen molar-refractivity contribution in [3.05, 3.63) is 29.8 Å². The van der Waals surface area contributed by atoms with Crippen molar-refractivity contribution >= 4 is 0 Å². The van der Waals surface area contributed by atoms with E-state index >= 15 is 0 Å². The summed E-state index contributed by atoms with van der Waals surface area (Å²) in [5, 5.41) is 29.2. The van der Waals surface area contributed by atoms with Crippen molar-refractivity contribution in [3.8, 4) is 11.8 Å². The summed E-state index contributed by atoms with van der Waals surface area (Å²) in [6.07, 6.45) is -0.743. The number of ether oxygens (including phenoxy) is 1. The Hall–Kier alpha value is -1.61. The Labute approximate surface area is 100 Å². The smallest absolute Gasteiger partial charge is 0.174 e. The van der Waals surface area contributed by atoms with Gasteiger partial charge in [0.1, 0.15) is 11.8 Å². The van der Waals surface area contributed by atoms with E-state index in [-0.39, 0.29) is 13.2 Å². The fraction of sp³-hybridized carbons (Fsp3) is 0.417. The van der Waals surface area contributed by atoms with Gasteiger partial charge in [-0.05, 0) is 17.7 Å². The topological polar surface area (TPSA) is 85.5 Å². The largest absolute Gasteiger partial charge is 0.479 e. The summed E-state index contributed by atoms with van der Waals surface area (Å²) in [5.74, 6) is 0.647. The Balaban J connectivity index is 2.40. The molecule has 0 aromatic heterocycles. The number of nitriles is 1. The minimum Gasteiger partial charge on any atom is -0.479 e. The molecule has 0 aliphatic carbocycles. The molecule has 1 atom stereocenters. The van der Waals surface area contributed by atoms with Crippen LogP contribution in [0.1, 0.15) is 5.56 Å². The lowest BCUT2D eigenvalue weighted by atomic mass is 10.2. The maximum absolute atomic E-state index is 9.13. The molecule has 0 amide bonds. The molecule has 5 heteroatoms. The second-order valence-corrected chi connectivity index (χ2v) is 3.56. The summed E-state index contributed by atoms with van der Waals surface area (Å²) in [6, 6.07) is 9.27. The predicted molar refractivity (Wildman–Crippen MR) is 62.3 cm³/mol. The average Bonchev–Trinajstić information content (AvgIpc) is 2.36. The lowest BCUT2D eigenvalue weighted by Crippen LogP contribution is -2.28. The number of aliphatic hydroxyl groups excluding tert-OH is 2. The van der Waals surface area contributed by atoms with E-state index < -0.39 is 6.10 Å². The van der Waals surface area contributed by atoms with E-state index in [4.69, 9.17) is 20.2 Å². The zero-order valence-corrected chi connectivity index (χ0v) is 9.47. The first-order valence-corrected chi connectivity index (χ1v) is 5.34. The fourth-order valence-electron chi connectivity index (χ4n) is 1.31. The molecule has 1 aromatic carbocycles. The van der Waals surface area contributed by atoms with E-state index in [1.54, 1.807) is 6.07 Å². The number of nitrogens with one attached hydrogen (secondary N) is 1. The SMILES string of the molecule is N#CCOc1cccc(CNCC(O)CO)c1. The van der Waals surface area contributed by atoms with Gasteiger partial charge in [0.2, 0.25) is 0 Å². The molecule has 0 heterocycles. The van der Waals surface area contributed by atoms with Crippen molar-refractivity contribution in [2.75, 3.05) is 19.8 Å². The monoisotopic (exact) mass is 236 g/mol. The van der Waals surface area contributed by atoms with Gasteiger partial charge in [-0.2, -0.15) is 5.26 Å². The van der Waals surface area contributed by atoms with Crippen LogP contribution in [0.25, 0.3) is 0 Å². The Morgan fingerprint density at radius 1 is 1.47 bits per heavy atom. The van der Waals surface area contributed by atoms with Gasteiger partial charge in [0.05, 0.1) is 12.7 Å². The highest BCUT2D eigenvalue weighted by atomic mass is 16.5. The van der Waals surface area contributed by atoms with Crippen molar-refractivity contribution in [3.63, 3.8) is 0 Å². The van der Waals surface area contributed by atoms with Crippen LogP contribution in [0.5, 0.6) is 5.75 Å². The molecule has 0 spiro atoms. The quantitative estimate of drug-likeness (QED) is 0.622. The first kappa shape index (κ1) is 13.5. The zero-order valence-electron chi connectivity index (χ0n) is 9.47. The highest BCUT2D eigenvalue weighted by molar-refractivity contribution is 5.28. The molecular weight excluding hydrogens is 220 g/mol. The molecule has 92 valence electrons. The molecule has 0 saturated carbocycles. The number of aliphatic hydroxyl groups is 2.